The first-order valence-corrected chi connectivity index (χ1v) is 8.81. The second-order valence-corrected chi connectivity index (χ2v) is 7.44. The maximum atomic E-state index is 3.63. The zero-order chi connectivity index (χ0) is 15.1. The molecule has 1 aromatic rings. The van der Waals surface area contributed by atoms with Crippen LogP contribution in [0.5, 0.6) is 0 Å². The van der Waals surface area contributed by atoms with E-state index in [0.29, 0.717) is 6.04 Å². The number of allylic oxidation sites excluding steroid dienone is 3. The fraction of sp³-hybridized carbons (Fsp3) is 0.368. The molecule has 1 atom stereocenters. The van der Waals surface area contributed by atoms with Crippen LogP contribution < -0.4 is 0 Å². The molecule has 22 heavy (non-hydrogen) atoms. The highest BCUT2D eigenvalue weighted by molar-refractivity contribution is 9.11. The molecule has 2 aliphatic heterocycles. The molecule has 0 aromatic heterocycles. The molecular formula is C19H21BrN2. The quantitative estimate of drug-likeness (QED) is 0.787. The van der Waals surface area contributed by atoms with Crippen molar-refractivity contribution in [3.05, 3.63) is 69.4 Å². The van der Waals surface area contributed by atoms with Crippen molar-refractivity contribution in [1.29, 1.82) is 0 Å². The zero-order valence-electron chi connectivity index (χ0n) is 12.9. The number of hydrogen-bond acceptors (Lipinski definition) is 2. The van der Waals surface area contributed by atoms with Gasteiger partial charge in [0.05, 0.1) is 0 Å². The Kier molecular flexibility index (Phi) is 3.71. The molecule has 1 aliphatic carbocycles. The van der Waals surface area contributed by atoms with E-state index in [-0.39, 0.29) is 0 Å². The van der Waals surface area contributed by atoms with E-state index in [1.54, 1.807) is 11.3 Å². The largest absolute Gasteiger partial charge is 0.365 e. The molecule has 114 valence electrons. The number of halogens is 1. The Hall–Kier alpha value is -1.32. The van der Waals surface area contributed by atoms with Gasteiger partial charge in [-0.1, -0.05) is 52.3 Å². The first-order chi connectivity index (χ1) is 10.7. The van der Waals surface area contributed by atoms with Gasteiger partial charge in [-0.05, 0) is 36.1 Å². The fourth-order valence-electron chi connectivity index (χ4n) is 3.86. The average molecular weight is 357 g/mol. The minimum absolute atomic E-state index is 0.588. The van der Waals surface area contributed by atoms with Crippen LogP contribution in [-0.4, -0.2) is 35.5 Å². The number of nitrogens with zero attached hydrogens (tertiary/aromatic N) is 2. The molecule has 1 aromatic carbocycles. The van der Waals surface area contributed by atoms with Crippen LogP contribution in [-0.2, 0) is 6.54 Å². The van der Waals surface area contributed by atoms with Crippen molar-refractivity contribution in [2.24, 2.45) is 0 Å². The summed E-state index contributed by atoms with van der Waals surface area (Å²) in [5, 5.41) is 0. The highest BCUT2D eigenvalue weighted by atomic mass is 79.9. The molecule has 0 bridgehead atoms. The van der Waals surface area contributed by atoms with Crippen LogP contribution in [0.1, 0.15) is 18.9 Å². The average Bonchev–Trinajstić information content (AvgIpc) is 2.86. The maximum Gasteiger partial charge on any atom is 0.0434 e. The van der Waals surface area contributed by atoms with Gasteiger partial charge in [-0.15, -0.1) is 0 Å². The molecule has 1 fully saturated rings. The maximum absolute atomic E-state index is 3.63. The predicted molar refractivity (Wildman–Crippen MR) is 94.6 cm³/mol. The first kappa shape index (κ1) is 14.3. The van der Waals surface area contributed by atoms with E-state index in [0.717, 1.165) is 32.6 Å². The van der Waals surface area contributed by atoms with Gasteiger partial charge in [-0.3, -0.25) is 4.90 Å². The highest BCUT2D eigenvalue weighted by Crippen LogP contribution is 2.39. The third-order valence-electron chi connectivity index (χ3n) is 4.91. The van der Waals surface area contributed by atoms with Crippen LogP contribution in [0.3, 0.4) is 0 Å². The van der Waals surface area contributed by atoms with Gasteiger partial charge in [0.25, 0.3) is 0 Å². The number of benzene rings is 1. The summed E-state index contributed by atoms with van der Waals surface area (Å²) < 4.78 is 1.24. The van der Waals surface area contributed by atoms with Gasteiger partial charge in [0.2, 0.25) is 0 Å². The van der Waals surface area contributed by atoms with Gasteiger partial charge in [0.15, 0.2) is 0 Å². The minimum Gasteiger partial charge on any atom is -0.365 e. The summed E-state index contributed by atoms with van der Waals surface area (Å²) in [6.07, 6.45) is 5.67. The lowest BCUT2D eigenvalue weighted by molar-refractivity contribution is 0.134. The van der Waals surface area contributed by atoms with E-state index >= 15 is 0 Å². The fourth-order valence-corrected chi connectivity index (χ4v) is 4.30. The molecule has 1 saturated heterocycles. The molecule has 0 spiro atoms. The third-order valence-corrected chi connectivity index (χ3v) is 5.47. The lowest BCUT2D eigenvalue weighted by atomic mass is 9.99. The van der Waals surface area contributed by atoms with E-state index in [1.807, 2.05) is 0 Å². The molecule has 0 amide bonds. The van der Waals surface area contributed by atoms with Crippen molar-refractivity contribution >= 4 is 15.9 Å². The Morgan fingerprint density at radius 2 is 2.00 bits per heavy atom. The Balaban J connectivity index is 1.58. The van der Waals surface area contributed by atoms with Crippen LogP contribution in [0.15, 0.2) is 63.8 Å². The molecule has 2 nitrogen and oxygen atoms in total. The SMILES string of the molecule is C[C@@H]1CN(Cc2ccccc2)CC2=C3CC=C(Br)C=C3CN21. The molecular weight excluding hydrogens is 336 g/mol. The molecule has 3 heteroatoms. The Bertz CT molecular complexity index is 672. The van der Waals surface area contributed by atoms with Gasteiger partial charge in [0.1, 0.15) is 0 Å². The van der Waals surface area contributed by atoms with Gasteiger partial charge in [0, 0.05) is 42.4 Å². The normalized spacial score (nSPS) is 24.8. The van der Waals surface area contributed by atoms with E-state index in [2.05, 4.69) is 75.1 Å². The van der Waals surface area contributed by atoms with Crippen LogP contribution in [0.25, 0.3) is 0 Å². The summed E-state index contributed by atoms with van der Waals surface area (Å²) in [5.74, 6) is 0. The summed E-state index contributed by atoms with van der Waals surface area (Å²) >= 11 is 3.63. The van der Waals surface area contributed by atoms with Crippen LogP contribution in [0, 0.1) is 0 Å². The third kappa shape index (κ3) is 2.57. The molecule has 0 radical (unpaired) electrons. The number of hydrogen-bond donors (Lipinski definition) is 0. The van der Waals surface area contributed by atoms with E-state index in [1.165, 1.54) is 15.6 Å². The summed E-state index contributed by atoms with van der Waals surface area (Å²) in [4.78, 5) is 5.21. The van der Waals surface area contributed by atoms with Gasteiger partial charge < -0.3 is 4.90 Å². The lowest BCUT2D eigenvalue weighted by Gasteiger charge is -2.41. The van der Waals surface area contributed by atoms with Gasteiger partial charge >= 0.3 is 0 Å². The summed E-state index contributed by atoms with van der Waals surface area (Å²) in [5.41, 5.74) is 6.04. The molecule has 3 aliphatic rings. The van der Waals surface area contributed by atoms with E-state index in [9.17, 15) is 0 Å². The smallest absolute Gasteiger partial charge is 0.0434 e. The van der Waals surface area contributed by atoms with Crippen molar-refractivity contribution in [3.63, 3.8) is 0 Å². The van der Waals surface area contributed by atoms with Crippen molar-refractivity contribution in [3.8, 4) is 0 Å². The van der Waals surface area contributed by atoms with E-state index in [4.69, 9.17) is 0 Å². The lowest BCUT2D eigenvalue weighted by Crippen LogP contribution is -2.48. The molecule has 0 unspecified atom stereocenters. The second kappa shape index (κ2) is 5.71. The summed E-state index contributed by atoms with van der Waals surface area (Å²) in [6, 6.07) is 11.4. The number of rotatable bonds is 2. The summed E-state index contributed by atoms with van der Waals surface area (Å²) in [7, 11) is 0. The number of piperazine rings is 1. The van der Waals surface area contributed by atoms with Gasteiger partial charge in [-0.2, -0.15) is 0 Å². The van der Waals surface area contributed by atoms with Crippen molar-refractivity contribution in [1.82, 2.24) is 9.80 Å². The minimum atomic E-state index is 0.588. The summed E-state index contributed by atoms with van der Waals surface area (Å²) in [6.45, 7) is 6.73. The van der Waals surface area contributed by atoms with Crippen molar-refractivity contribution < 1.29 is 0 Å². The van der Waals surface area contributed by atoms with E-state index < -0.39 is 0 Å². The van der Waals surface area contributed by atoms with Crippen molar-refractivity contribution in [2.75, 3.05) is 19.6 Å². The van der Waals surface area contributed by atoms with Crippen LogP contribution in [0.4, 0.5) is 0 Å². The molecule has 0 N–H and O–H groups in total. The Morgan fingerprint density at radius 1 is 1.18 bits per heavy atom. The highest BCUT2D eigenvalue weighted by Gasteiger charge is 2.35. The van der Waals surface area contributed by atoms with Gasteiger partial charge in [-0.25, -0.2) is 0 Å². The standard InChI is InChI=1S/C19H21BrN2/c1-14-10-21(11-15-5-3-2-4-6-15)13-19-18-8-7-17(20)9-16(18)12-22(14)19/h2-7,9,14H,8,10-13H2,1H3/t14-/m1/s1. The first-order valence-electron chi connectivity index (χ1n) is 8.02. The molecule has 0 saturated carbocycles. The predicted octanol–water partition coefficient (Wildman–Crippen LogP) is 4.07. The second-order valence-electron chi connectivity index (χ2n) is 6.52. The topological polar surface area (TPSA) is 6.48 Å². The Morgan fingerprint density at radius 3 is 2.82 bits per heavy atom. The molecule has 2 heterocycles. The number of fused-ring (bicyclic) bond motifs is 2. The monoisotopic (exact) mass is 356 g/mol. The van der Waals surface area contributed by atoms with Crippen LogP contribution in [0.2, 0.25) is 0 Å². The van der Waals surface area contributed by atoms with Crippen molar-refractivity contribution in [2.45, 2.75) is 25.9 Å². The Labute approximate surface area is 140 Å². The van der Waals surface area contributed by atoms with Crippen LogP contribution >= 0.6 is 15.9 Å². The zero-order valence-corrected chi connectivity index (χ0v) is 14.5. The molecule has 4 rings (SSSR count).